The van der Waals surface area contributed by atoms with E-state index < -0.39 is 28.9 Å². The van der Waals surface area contributed by atoms with Gasteiger partial charge in [0.1, 0.15) is 24.9 Å². The summed E-state index contributed by atoms with van der Waals surface area (Å²) in [6.45, 7) is 3.88. The quantitative estimate of drug-likeness (QED) is 0.321. The molecule has 2 atom stereocenters. The van der Waals surface area contributed by atoms with Crippen molar-refractivity contribution in [2.75, 3.05) is 13.2 Å². The zero-order valence-electron chi connectivity index (χ0n) is 15.4. The van der Waals surface area contributed by atoms with Gasteiger partial charge in [-0.25, -0.2) is 4.79 Å². The second kappa shape index (κ2) is 8.87. The van der Waals surface area contributed by atoms with Crippen LogP contribution >= 0.6 is 0 Å². The minimum Gasteiger partial charge on any atom is -0.490 e. The average molecular weight is 397 g/mol. The number of hydrogen-bond donors (Lipinski definition) is 2. The summed E-state index contributed by atoms with van der Waals surface area (Å²) in [5, 5.41) is 16.1. The van der Waals surface area contributed by atoms with E-state index in [0.29, 0.717) is 11.3 Å². The molecule has 0 saturated carbocycles. The van der Waals surface area contributed by atoms with Crippen LogP contribution in [0.25, 0.3) is 0 Å². The van der Waals surface area contributed by atoms with Crippen molar-refractivity contribution in [1.82, 2.24) is 10.6 Å². The van der Waals surface area contributed by atoms with Crippen molar-refractivity contribution in [3.8, 4) is 5.75 Å². The summed E-state index contributed by atoms with van der Waals surface area (Å²) in [6.07, 6.45) is 0. The summed E-state index contributed by atoms with van der Waals surface area (Å²) in [5.41, 5.74) is 0.404. The van der Waals surface area contributed by atoms with Gasteiger partial charge in [-0.3, -0.25) is 14.9 Å². The van der Waals surface area contributed by atoms with Crippen LogP contribution in [0.1, 0.15) is 11.6 Å². The van der Waals surface area contributed by atoms with Gasteiger partial charge in [0.15, 0.2) is 0 Å². The van der Waals surface area contributed by atoms with Gasteiger partial charge in [0, 0.05) is 17.8 Å². The normalized spacial score (nSPS) is 18.3. The third-order valence-corrected chi connectivity index (χ3v) is 4.30. The highest BCUT2D eigenvalue weighted by Crippen LogP contribution is 2.32. The maximum atomic E-state index is 12.7. The standard InChI is InChI=1S/C20H19N3O6/c1-13-17(19(24)29-11-10-28-16-8-3-2-4-9-16)18(22-20(25)21-13)14-6-5-7-15(12-14)23(26)27/h2-9,12,17-18H,1,10-11H2,(H2,21,22,25)/t17-,18+/m1/s1. The second-order valence-corrected chi connectivity index (χ2v) is 6.26. The lowest BCUT2D eigenvalue weighted by Gasteiger charge is -2.33. The number of rotatable bonds is 7. The number of benzene rings is 2. The first-order valence-electron chi connectivity index (χ1n) is 8.81. The fourth-order valence-corrected chi connectivity index (χ4v) is 2.98. The van der Waals surface area contributed by atoms with Gasteiger partial charge in [-0.1, -0.05) is 36.9 Å². The lowest BCUT2D eigenvalue weighted by atomic mass is 9.89. The molecule has 3 rings (SSSR count). The van der Waals surface area contributed by atoms with Crippen LogP contribution < -0.4 is 15.4 Å². The molecular weight excluding hydrogens is 378 g/mol. The molecule has 0 bridgehead atoms. The molecule has 0 aliphatic carbocycles. The number of nitrogens with one attached hydrogen (secondary N) is 2. The Morgan fingerprint density at radius 2 is 1.90 bits per heavy atom. The molecule has 150 valence electrons. The van der Waals surface area contributed by atoms with Crippen LogP contribution in [0.3, 0.4) is 0 Å². The van der Waals surface area contributed by atoms with Crippen LogP contribution in [-0.2, 0) is 9.53 Å². The van der Waals surface area contributed by atoms with E-state index in [-0.39, 0.29) is 24.6 Å². The Kier molecular flexibility index (Phi) is 6.08. The smallest absolute Gasteiger partial charge is 0.319 e. The SMILES string of the molecule is C=C1NC(=O)N[C@@H](c2cccc([N+](=O)[O-])c2)[C@@H]1C(=O)OCCOc1ccccc1. The first-order chi connectivity index (χ1) is 14.0. The zero-order chi connectivity index (χ0) is 20.8. The highest BCUT2D eigenvalue weighted by molar-refractivity contribution is 5.85. The summed E-state index contributed by atoms with van der Waals surface area (Å²) < 4.78 is 10.8. The molecule has 2 aromatic carbocycles. The first kappa shape index (κ1) is 19.9. The van der Waals surface area contributed by atoms with E-state index in [0.717, 1.165) is 0 Å². The van der Waals surface area contributed by atoms with E-state index in [2.05, 4.69) is 17.2 Å². The number of urea groups is 1. The van der Waals surface area contributed by atoms with E-state index in [9.17, 15) is 19.7 Å². The molecule has 1 aliphatic rings. The van der Waals surface area contributed by atoms with Crippen LogP contribution in [0, 0.1) is 16.0 Å². The van der Waals surface area contributed by atoms with Crippen molar-refractivity contribution in [3.63, 3.8) is 0 Å². The number of amides is 2. The largest absolute Gasteiger partial charge is 0.490 e. The van der Waals surface area contributed by atoms with Crippen molar-refractivity contribution >= 4 is 17.7 Å². The molecule has 9 nitrogen and oxygen atoms in total. The molecule has 2 N–H and O–H groups in total. The Hall–Kier alpha value is -3.88. The Labute approximate surface area is 166 Å². The maximum absolute atomic E-state index is 12.7. The van der Waals surface area contributed by atoms with Crippen molar-refractivity contribution in [3.05, 3.63) is 82.6 Å². The van der Waals surface area contributed by atoms with Crippen LogP contribution in [0.2, 0.25) is 0 Å². The van der Waals surface area contributed by atoms with Crippen LogP contribution in [0.5, 0.6) is 5.75 Å². The topological polar surface area (TPSA) is 120 Å². The summed E-state index contributed by atoms with van der Waals surface area (Å²) in [6, 6.07) is 13.4. The van der Waals surface area contributed by atoms with E-state index in [4.69, 9.17) is 9.47 Å². The molecule has 2 amide bonds. The molecule has 9 heteroatoms. The number of carbonyl (C=O) groups is 2. The molecule has 1 saturated heterocycles. The molecular formula is C20H19N3O6. The number of nitrogens with zero attached hydrogens (tertiary/aromatic N) is 1. The fourth-order valence-electron chi connectivity index (χ4n) is 2.98. The van der Waals surface area contributed by atoms with Gasteiger partial charge in [0.2, 0.25) is 0 Å². The van der Waals surface area contributed by atoms with Gasteiger partial charge in [0.05, 0.1) is 11.0 Å². The minimum absolute atomic E-state index is 0.00683. The Balaban J connectivity index is 1.69. The Morgan fingerprint density at radius 1 is 1.14 bits per heavy atom. The summed E-state index contributed by atoms with van der Waals surface area (Å²) in [7, 11) is 0. The first-order valence-corrected chi connectivity index (χ1v) is 8.81. The Bertz CT molecular complexity index is 931. The van der Waals surface area contributed by atoms with Crippen LogP contribution in [0.4, 0.5) is 10.5 Å². The van der Waals surface area contributed by atoms with E-state index in [1.165, 1.54) is 18.2 Å². The second-order valence-electron chi connectivity index (χ2n) is 6.26. The Morgan fingerprint density at radius 3 is 2.62 bits per heavy atom. The van der Waals surface area contributed by atoms with E-state index >= 15 is 0 Å². The monoisotopic (exact) mass is 397 g/mol. The number of ether oxygens (including phenoxy) is 2. The number of non-ortho nitro benzene ring substituents is 1. The van der Waals surface area contributed by atoms with Gasteiger partial charge >= 0.3 is 12.0 Å². The molecule has 0 spiro atoms. The maximum Gasteiger partial charge on any atom is 0.319 e. The van der Waals surface area contributed by atoms with Crippen molar-refractivity contribution in [1.29, 1.82) is 0 Å². The number of esters is 1. The predicted octanol–water partition coefficient (Wildman–Crippen LogP) is 2.70. The van der Waals surface area contributed by atoms with E-state index in [1.54, 1.807) is 18.2 Å². The third kappa shape index (κ3) is 4.89. The lowest BCUT2D eigenvalue weighted by molar-refractivity contribution is -0.384. The third-order valence-electron chi connectivity index (χ3n) is 4.30. The van der Waals surface area contributed by atoms with Crippen molar-refractivity contribution in [2.45, 2.75) is 6.04 Å². The average Bonchev–Trinajstić information content (AvgIpc) is 2.71. The number of carbonyl (C=O) groups excluding carboxylic acids is 2. The number of nitro groups is 1. The number of nitro benzene ring substituents is 1. The lowest BCUT2D eigenvalue weighted by Crippen LogP contribution is -2.51. The van der Waals surface area contributed by atoms with Crippen LogP contribution in [0.15, 0.2) is 66.9 Å². The molecule has 1 heterocycles. The van der Waals surface area contributed by atoms with Gasteiger partial charge < -0.3 is 20.1 Å². The fraction of sp³-hybridized carbons (Fsp3) is 0.200. The van der Waals surface area contributed by atoms with Crippen molar-refractivity contribution < 1.29 is 24.0 Å². The van der Waals surface area contributed by atoms with Crippen molar-refractivity contribution in [2.24, 2.45) is 5.92 Å². The zero-order valence-corrected chi connectivity index (χ0v) is 15.4. The van der Waals surface area contributed by atoms with Gasteiger partial charge in [-0.15, -0.1) is 0 Å². The minimum atomic E-state index is -0.952. The summed E-state index contributed by atoms with van der Waals surface area (Å²) in [4.78, 5) is 35.0. The predicted molar refractivity (Wildman–Crippen MR) is 103 cm³/mol. The highest BCUT2D eigenvalue weighted by atomic mass is 16.6. The molecule has 0 aromatic heterocycles. The molecule has 0 unspecified atom stereocenters. The number of para-hydroxylation sites is 1. The van der Waals surface area contributed by atoms with Gasteiger partial charge in [-0.05, 0) is 17.7 Å². The molecule has 1 fully saturated rings. The van der Waals surface area contributed by atoms with Gasteiger partial charge in [0.25, 0.3) is 5.69 Å². The molecule has 1 aliphatic heterocycles. The molecule has 2 aromatic rings. The highest BCUT2D eigenvalue weighted by Gasteiger charge is 2.39. The summed E-state index contributed by atoms with van der Waals surface area (Å²) in [5.74, 6) is -0.934. The molecule has 0 radical (unpaired) electrons. The van der Waals surface area contributed by atoms with Crippen LogP contribution in [-0.4, -0.2) is 30.1 Å². The molecule has 29 heavy (non-hydrogen) atoms. The number of hydrogen-bond acceptors (Lipinski definition) is 6. The van der Waals surface area contributed by atoms with E-state index in [1.807, 2.05) is 18.2 Å². The summed E-state index contributed by atoms with van der Waals surface area (Å²) >= 11 is 0. The van der Waals surface area contributed by atoms with Gasteiger partial charge in [-0.2, -0.15) is 0 Å².